The first kappa shape index (κ1) is 10.7. The lowest BCUT2D eigenvalue weighted by Gasteiger charge is -2.23. The molecule has 13 heavy (non-hydrogen) atoms. The molecule has 0 aromatic rings. The van der Waals surface area contributed by atoms with Gasteiger partial charge in [0.25, 0.3) is 0 Å². The zero-order chi connectivity index (χ0) is 9.84. The maximum Gasteiger partial charge on any atom is 0.339 e. The van der Waals surface area contributed by atoms with Crippen molar-refractivity contribution in [3.05, 3.63) is 0 Å². The van der Waals surface area contributed by atoms with Gasteiger partial charge in [-0.15, -0.1) is 11.8 Å². The number of hydrogen-bond donors (Lipinski definition) is 1. The Kier molecular flexibility index (Phi) is 3.95. The molecule has 0 radical (unpaired) electrons. The van der Waals surface area contributed by atoms with E-state index < -0.39 is 0 Å². The first-order valence-corrected chi connectivity index (χ1v) is 5.35. The van der Waals surface area contributed by atoms with Crippen molar-refractivity contribution < 1.29 is 9.53 Å². The van der Waals surface area contributed by atoms with E-state index in [-0.39, 0.29) is 11.3 Å². The topological polar surface area (TPSA) is 55.6 Å². The molecule has 2 N–H and O–H groups in total. The lowest BCUT2D eigenvalue weighted by atomic mass is 10.4. The summed E-state index contributed by atoms with van der Waals surface area (Å²) in [6.07, 6.45) is 0. The van der Waals surface area contributed by atoms with Crippen molar-refractivity contribution in [2.75, 3.05) is 26.0 Å². The van der Waals surface area contributed by atoms with Crippen LogP contribution in [0.3, 0.4) is 0 Å². The van der Waals surface area contributed by atoms with Crippen LogP contribution in [0.2, 0.25) is 0 Å². The van der Waals surface area contributed by atoms with Gasteiger partial charge in [0.1, 0.15) is 0 Å². The molecule has 1 fully saturated rings. The number of ether oxygens (including phenoxy) is 1. The van der Waals surface area contributed by atoms with E-state index in [0.717, 1.165) is 12.3 Å². The third-order valence-corrected chi connectivity index (χ3v) is 3.37. The summed E-state index contributed by atoms with van der Waals surface area (Å²) in [7, 11) is 1.38. The van der Waals surface area contributed by atoms with Crippen LogP contribution in [-0.4, -0.2) is 47.2 Å². The van der Waals surface area contributed by atoms with Gasteiger partial charge >= 0.3 is 5.97 Å². The van der Waals surface area contributed by atoms with E-state index >= 15 is 0 Å². The largest absolute Gasteiger partial charge is 0.467 e. The van der Waals surface area contributed by atoms with Crippen LogP contribution >= 0.6 is 24.0 Å². The number of carbonyl (C=O) groups is 1. The van der Waals surface area contributed by atoms with E-state index in [0.29, 0.717) is 11.5 Å². The first-order chi connectivity index (χ1) is 6.20. The Hall–Kier alpha value is -0.330. The summed E-state index contributed by atoms with van der Waals surface area (Å²) in [6.45, 7) is 1.09. The summed E-state index contributed by atoms with van der Waals surface area (Å²) >= 11 is 6.57. The molecule has 1 saturated heterocycles. The third kappa shape index (κ3) is 2.32. The van der Waals surface area contributed by atoms with E-state index in [1.165, 1.54) is 18.9 Å². The molecule has 0 spiro atoms. The highest BCUT2D eigenvalue weighted by Gasteiger charge is 2.33. The molecule has 1 aliphatic heterocycles. The van der Waals surface area contributed by atoms with Crippen LogP contribution in [0.4, 0.5) is 0 Å². The van der Waals surface area contributed by atoms with Gasteiger partial charge in [0.15, 0.2) is 5.37 Å². The van der Waals surface area contributed by atoms with Crippen molar-refractivity contribution in [1.82, 2.24) is 4.90 Å². The molecule has 0 saturated carbocycles. The van der Waals surface area contributed by atoms with Crippen LogP contribution < -0.4 is 5.73 Å². The van der Waals surface area contributed by atoms with E-state index in [9.17, 15) is 4.79 Å². The van der Waals surface area contributed by atoms with E-state index in [2.05, 4.69) is 4.74 Å². The molecule has 0 aromatic carbocycles. The maximum atomic E-state index is 11.3. The Labute approximate surface area is 86.8 Å². The van der Waals surface area contributed by atoms with Crippen molar-refractivity contribution >= 4 is 34.9 Å². The SMILES string of the molecule is COC(=O)[C@H]1SCCN1C(=S)CN. The van der Waals surface area contributed by atoms with Crippen molar-refractivity contribution in [3.8, 4) is 0 Å². The molecule has 4 nitrogen and oxygen atoms in total. The van der Waals surface area contributed by atoms with Crippen LogP contribution in [0.15, 0.2) is 0 Å². The molecular weight excluding hydrogens is 208 g/mol. The van der Waals surface area contributed by atoms with Gasteiger partial charge in [0.05, 0.1) is 12.1 Å². The minimum Gasteiger partial charge on any atom is -0.467 e. The van der Waals surface area contributed by atoms with E-state index in [1.807, 2.05) is 4.90 Å². The molecule has 74 valence electrons. The Morgan fingerprint density at radius 3 is 3.08 bits per heavy atom. The molecule has 1 heterocycles. The number of nitrogens with two attached hydrogens (primary N) is 1. The van der Waals surface area contributed by atoms with Gasteiger partial charge in [-0.1, -0.05) is 12.2 Å². The van der Waals surface area contributed by atoms with Gasteiger partial charge < -0.3 is 15.4 Å². The van der Waals surface area contributed by atoms with E-state index in [1.54, 1.807) is 0 Å². The summed E-state index contributed by atoms with van der Waals surface area (Å²) in [5, 5.41) is -0.291. The van der Waals surface area contributed by atoms with Gasteiger partial charge in [-0.3, -0.25) is 0 Å². The Bertz CT molecular complexity index is 201. The first-order valence-electron chi connectivity index (χ1n) is 3.89. The van der Waals surface area contributed by atoms with Crippen molar-refractivity contribution in [2.45, 2.75) is 5.37 Å². The summed E-state index contributed by atoms with van der Waals surface area (Å²) in [4.78, 5) is 13.7. The standard InChI is InChI=1S/C7H12N2O2S2/c1-11-7(10)6-9(2-3-13-6)5(12)4-8/h6H,2-4,8H2,1H3/t6-/m1/s1. The second kappa shape index (κ2) is 4.78. The summed E-state index contributed by atoms with van der Waals surface area (Å²) in [5.74, 6) is 0.637. The van der Waals surface area contributed by atoms with Crippen LogP contribution in [0, 0.1) is 0 Å². The molecule has 0 bridgehead atoms. The molecule has 0 aromatic heterocycles. The fraction of sp³-hybridized carbons (Fsp3) is 0.714. The van der Waals surface area contributed by atoms with Gasteiger partial charge in [0, 0.05) is 18.8 Å². The third-order valence-electron chi connectivity index (χ3n) is 1.79. The smallest absolute Gasteiger partial charge is 0.339 e. The quantitative estimate of drug-likeness (QED) is 0.515. The summed E-state index contributed by atoms with van der Waals surface area (Å²) in [5.41, 5.74) is 5.41. The number of esters is 1. The van der Waals surface area contributed by atoms with Crippen molar-refractivity contribution in [3.63, 3.8) is 0 Å². The van der Waals surface area contributed by atoms with Crippen molar-refractivity contribution in [2.24, 2.45) is 5.73 Å². The average molecular weight is 220 g/mol. The van der Waals surface area contributed by atoms with Crippen molar-refractivity contribution in [1.29, 1.82) is 0 Å². The minimum atomic E-state index is -0.291. The lowest BCUT2D eigenvalue weighted by molar-refractivity contribution is -0.142. The number of thioether (sulfide) groups is 1. The number of nitrogens with zero attached hydrogens (tertiary/aromatic N) is 1. The fourth-order valence-electron chi connectivity index (χ4n) is 1.14. The summed E-state index contributed by atoms with van der Waals surface area (Å²) in [6, 6.07) is 0. The van der Waals surface area contributed by atoms with Crippen LogP contribution in [-0.2, 0) is 9.53 Å². The average Bonchev–Trinajstić information content (AvgIpc) is 2.63. The van der Waals surface area contributed by atoms with Crippen LogP contribution in [0.1, 0.15) is 0 Å². The molecular formula is C7H12N2O2S2. The van der Waals surface area contributed by atoms with Gasteiger partial charge in [-0.05, 0) is 0 Å². The second-order valence-corrected chi connectivity index (χ2v) is 4.20. The molecule has 6 heteroatoms. The normalized spacial score (nSPS) is 21.7. The second-order valence-electron chi connectivity index (χ2n) is 2.54. The van der Waals surface area contributed by atoms with E-state index in [4.69, 9.17) is 18.0 Å². The zero-order valence-corrected chi connectivity index (χ0v) is 8.99. The molecule has 1 atom stereocenters. The number of hydrogen-bond acceptors (Lipinski definition) is 5. The number of methoxy groups -OCH3 is 1. The zero-order valence-electron chi connectivity index (χ0n) is 7.36. The summed E-state index contributed by atoms with van der Waals surface area (Å²) < 4.78 is 4.66. The van der Waals surface area contributed by atoms with Gasteiger partial charge in [-0.25, -0.2) is 4.79 Å². The Morgan fingerprint density at radius 2 is 2.54 bits per heavy atom. The predicted octanol–water partition coefficient (Wildman–Crippen LogP) is -0.180. The predicted molar refractivity (Wildman–Crippen MR) is 56.6 cm³/mol. The van der Waals surface area contributed by atoms with Crippen LogP contribution in [0.5, 0.6) is 0 Å². The Morgan fingerprint density at radius 1 is 1.85 bits per heavy atom. The van der Waals surface area contributed by atoms with Crippen LogP contribution in [0.25, 0.3) is 0 Å². The number of carbonyl (C=O) groups excluding carboxylic acids is 1. The highest BCUT2D eigenvalue weighted by Crippen LogP contribution is 2.24. The Balaban J connectivity index is 2.63. The maximum absolute atomic E-state index is 11.3. The van der Waals surface area contributed by atoms with Gasteiger partial charge in [0.2, 0.25) is 0 Å². The van der Waals surface area contributed by atoms with Gasteiger partial charge in [-0.2, -0.15) is 0 Å². The number of rotatable bonds is 2. The highest BCUT2D eigenvalue weighted by molar-refractivity contribution is 8.00. The molecule has 0 aliphatic carbocycles. The highest BCUT2D eigenvalue weighted by atomic mass is 32.2. The fourth-order valence-corrected chi connectivity index (χ4v) is 2.57. The minimum absolute atomic E-state index is 0.252. The monoisotopic (exact) mass is 220 g/mol. The molecule has 0 amide bonds. The number of thiocarbonyl (C=S) groups is 1. The molecule has 1 aliphatic rings. The lowest BCUT2D eigenvalue weighted by Crippen LogP contribution is -2.41. The molecule has 0 unspecified atom stereocenters. The molecule has 1 rings (SSSR count).